The van der Waals surface area contributed by atoms with Gasteiger partial charge in [0.15, 0.2) is 0 Å². The first-order valence-electron chi connectivity index (χ1n) is 6.57. The summed E-state index contributed by atoms with van der Waals surface area (Å²) in [7, 11) is 0. The van der Waals surface area contributed by atoms with Crippen LogP contribution in [0.1, 0.15) is 24.0 Å². The minimum Gasteiger partial charge on any atom is -0.322 e. The van der Waals surface area contributed by atoms with E-state index in [0.717, 1.165) is 36.1 Å². The minimum atomic E-state index is 0.0556. The van der Waals surface area contributed by atoms with Gasteiger partial charge in [0.05, 0.1) is 0 Å². The van der Waals surface area contributed by atoms with Crippen LogP contribution in [0.5, 0.6) is 0 Å². The van der Waals surface area contributed by atoms with Crippen LogP contribution in [0.2, 0.25) is 0 Å². The Labute approximate surface area is 106 Å². The maximum absolute atomic E-state index is 12.1. The maximum Gasteiger partial charge on any atom is 0.252 e. The fourth-order valence-corrected chi connectivity index (χ4v) is 2.66. The molecule has 3 nitrogen and oxygen atoms in total. The molecule has 1 aromatic heterocycles. The fourth-order valence-electron chi connectivity index (χ4n) is 2.66. The van der Waals surface area contributed by atoms with Gasteiger partial charge in [-0.25, -0.2) is 0 Å². The van der Waals surface area contributed by atoms with Gasteiger partial charge in [0, 0.05) is 17.6 Å². The third kappa shape index (κ3) is 2.18. The number of pyridine rings is 1. The fraction of sp³-hybridized carbons (Fsp3) is 0.400. The number of H-pyrrole nitrogens is 1. The third-order valence-electron chi connectivity index (χ3n) is 3.67. The number of hydrogen-bond acceptors (Lipinski definition) is 2. The summed E-state index contributed by atoms with van der Waals surface area (Å²) in [5.41, 5.74) is 3.05. The van der Waals surface area contributed by atoms with Crippen LogP contribution >= 0.6 is 0 Å². The van der Waals surface area contributed by atoms with E-state index in [1.54, 1.807) is 0 Å². The highest BCUT2D eigenvalue weighted by molar-refractivity contribution is 5.79. The quantitative estimate of drug-likeness (QED) is 0.878. The van der Waals surface area contributed by atoms with E-state index in [0.29, 0.717) is 0 Å². The van der Waals surface area contributed by atoms with Gasteiger partial charge in [-0.1, -0.05) is 12.1 Å². The van der Waals surface area contributed by atoms with E-state index in [2.05, 4.69) is 22.0 Å². The SMILES string of the molecule is Cc1ccc2cc(CN3CCCC3)c(=O)[nH]c2c1. The first kappa shape index (κ1) is 11.5. The number of nitrogens with zero attached hydrogens (tertiary/aromatic N) is 1. The number of aryl methyl sites for hydroxylation is 1. The molecule has 1 fully saturated rings. The monoisotopic (exact) mass is 242 g/mol. The Morgan fingerprint density at radius 3 is 2.78 bits per heavy atom. The highest BCUT2D eigenvalue weighted by atomic mass is 16.1. The van der Waals surface area contributed by atoms with Gasteiger partial charge in [0.2, 0.25) is 0 Å². The van der Waals surface area contributed by atoms with Gasteiger partial charge in [-0.05, 0) is 55.9 Å². The lowest BCUT2D eigenvalue weighted by molar-refractivity contribution is 0.330. The second-order valence-corrected chi connectivity index (χ2v) is 5.20. The molecule has 0 aliphatic carbocycles. The lowest BCUT2D eigenvalue weighted by Gasteiger charge is -2.14. The molecule has 0 amide bonds. The Morgan fingerprint density at radius 2 is 2.00 bits per heavy atom. The van der Waals surface area contributed by atoms with E-state index in [9.17, 15) is 4.79 Å². The molecule has 3 rings (SSSR count). The minimum absolute atomic E-state index is 0.0556. The van der Waals surface area contributed by atoms with Crippen molar-refractivity contribution in [2.45, 2.75) is 26.3 Å². The second-order valence-electron chi connectivity index (χ2n) is 5.20. The number of aromatic nitrogens is 1. The summed E-state index contributed by atoms with van der Waals surface area (Å²) >= 11 is 0. The molecule has 0 radical (unpaired) electrons. The smallest absolute Gasteiger partial charge is 0.252 e. The van der Waals surface area contributed by atoms with Crippen molar-refractivity contribution in [2.75, 3.05) is 13.1 Å². The van der Waals surface area contributed by atoms with Crippen LogP contribution in [-0.2, 0) is 6.54 Å². The van der Waals surface area contributed by atoms with E-state index < -0.39 is 0 Å². The molecule has 1 N–H and O–H groups in total. The molecule has 1 aliphatic heterocycles. The summed E-state index contributed by atoms with van der Waals surface area (Å²) in [5.74, 6) is 0. The van der Waals surface area contributed by atoms with Crippen LogP contribution in [0.15, 0.2) is 29.1 Å². The summed E-state index contributed by atoms with van der Waals surface area (Å²) in [6.45, 7) is 5.05. The molecule has 18 heavy (non-hydrogen) atoms. The van der Waals surface area contributed by atoms with Crippen LogP contribution in [-0.4, -0.2) is 23.0 Å². The van der Waals surface area contributed by atoms with E-state index in [1.807, 2.05) is 19.1 Å². The number of nitrogens with one attached hydrogen (secondary N) is 1. The third-order valence-corrected chi connectivity index (χ3v) is 3.67. The molecular formula is C15H18N2O. The summed E-state index contributed by atoms with van der Waals surface area (Å²) in [6, 6.07) is 8.22. The topological polar surface area (TPSA) is 36.1 Å². The van der Waals surface area contributed by atoms with Crippen molar-refractivity contribution < 1.29 is 0 Å². The molecule has 3 heteroatoms. The molecule has 0 bridgehead atoms. The number of aromatic amines is 1. The average Bonchev–Trinajstić information content (AvgIpc) is 2.83. The average molecular weight is 242 g/mol. The summed E-state index contributed by atoms with van der Waals surface area (Å²) in [6.07, 6.45) is 2.51. The molecule has 1 aromatic carbocycles. The Morgan fingerprint density at radius 1 is 1.22 bits per heavy atom. The first-order valence-corrected chi connectivity index (χ1v) is 6.57. The van der Waals surface area contributed by atoms with Crippen LogP contribution in [0.4, 0.5) is 0 Å². The van der Waals surface area contributed by atoms with E-state index in [1.165, 1.54) is 18.4 Å². The molecule has 2 heterocycles. The van der Waals surface area contributed by atoms with Gasteiger partial charge in [-0.2, -0.15) is 0 Å². The van der Waals surface area contributed by atoms with E-state index in [-0.39, 0.29) is 5.56 Å². The summed E-state index contributed by atoms with van der Waals surface area (Å²) < 4.78 is 0. The number of benzene rings is 1. The van der Waals surface area contributed by atoms with E-state index in [4.69, 9.17) is 0 Å². The molecule has 1 aliphatic rings. The molecule has 0 spiro atoms. The second kappa shape index (κ2) is 4.58. The van der Waals surface area contributed by atoms with Crippen LogP contribution in [0.3, 0.4) is 0 Å². The van der Waals surface area contributed by atoms with Crippen molar-refractivity contribution in [3.63, 3.8) is 0 Å². The number of rotatable bonds is 2. The Hall–Kier alpha value is -1.61. The highest BCUT2D eigenvalue weighted by Gasteiger charge is 2.13. The largest absolute Gasteiger partial charge is 0.322 e. The summed E-state index contributed by atoms with van der Waals surface area (Å²) in [5, 5.41) is 1.12. The predicted molar refractivity (Wildman–Crippen MR) is 73.8 cm³/mol. The Bertz CT molecular complexity index is 624. The normalized spacial score (nSPS) is 16.5. The molecule has 0 atom stereocenters. The summed E-state index contributed by atoms with van der Waals surface area (Å²) in [4.78, 5) is 17.4. The van der Waals surface area contributed by atoms with Gasteiger partial charge < -0.3 is 4.98 Å². The molecule has 94 valence electrons. The van der Waals surface area contributed by atoms with Crippen molar-refractivity contribution in [2.24, 2.45) is 0 Å². The Balaban J connectivity index is 1.99. The molecular weight excluding hydrogens is 224 g/mol. The maximum atomic E-state index is 12.1. The van der Waals surface area contributed by atoms with Crippen molar-refractivity contribution in [3.8, 4) is 0 Å². The number of fused-ring (bicyclic) bond motifs is 1. The number of likely N-dealkylation sites (tertiary alicyclic amines) is 1. The van der Waals surface area contributed by atoms with Gasteiger partial charge in [-0.3, -0.25) is 9.69 Å². The Kier molecular flexibility index (Phi) is 2.92. The van der Waals surface area contributed by atoms with Gasteiger partial charge in [-0.15, -0.1) is 0 Å². The van der Waals surface area contributed by atoms with Crippen LogP contribution in [0, 0.1) is 6.92 Å². The van der Waals surface area contributed by atoms with Crippen molar-refractivity contribution >= 4 is 10.9 Å². The lowest BCUT2D eigenvalue weighted by atomic mass is 10.1. The zero-order valence-corrected chi connectivity index (χ0v) is 10.7. The highest BCUT2D eigenvalue weighted by Crippen LogP contribution is 2.15. The zero-order valence-electron chi connectivity index (χ0n) is 10.7. The van der Waals surface area contributed by atoms with Crippen LogP contribution < -0.4 is 5.56 Å². The lowest BCUT2D eigenvalue weighted by Crippen LogP contribution is -2.24. The predicted octanol–water partition coefficient (Wildman–Crippen LogP) is 2.43. The van der Waals surface area contributed by atoms with Crippen LogP contribution in [0.25, 0.3) is 10.9 Å². The number of hydrogen-bond donors (Lipinski definition) is 1. The van der Waals surface area contributed by atoms with E-state index >= 15 is 0 Å². The molecule has 0 saturated carbocycles. The van der Waals surface area contributed by atoms with Gasteiger partial charge in [0.25, 0.3) is 5.56 Å². The van der Waals surface area contributed by atoms with Crippen molar-refractivity contribution in [1.82, 2.24) is 9.88 Å². The molecule has 0 unspecified atom stereocenters. The zero-order chi connectivity index (χ0) is 12.5. The van der Waals surface area contributed by atoms with Gasteiger partial charge in [0.1, 0.15) is 0 Å². The van der Waals surface area contributed by atoms with Crippen molar-refractivity contribution in [3.05, 3.63) is 45.7 Å². The standard InChI is InChI=1S/C15H18N2O/c1-11-4-5-12-9-13(10-17-6-2-3-7-17)15(18)16-14(12)8-11/h4-5,8-9H,2-3,6-7,10H2,1H3,(H,16,18). The first-order chi connectivity index (χ1) is 8.72. The van der Waals surface area contributed by atoms with Gasteiger partial charge >= 0.3 is 0 Å². The molecule has 2 aromatic rings. The van der Waals surface area contributed by atoms with Crippen molar-refractivity contribution in [1.29, 1.82) is 0 Å². The molecule has 1 saturated heterocycles.